The SMILES string of the molecule is CC(=O)N[C@@H]1[C@@H](OCc2ccccc2)[C@H](OCc2ccccc2)[C@@H](COC(C)=O)O[C@H]1O. The number of hydrogen-bond acceptors (Lipinski definition) is 7. The van der Waals surface area contributed by atoms with E-state index in [2.05, 4.69) is 5.32 Å². The first-order valence-electron chi connectivity index (χ1n) is 10.5. The summed E-state index contributed by atoms with van der Waals surface area (Å²) in [6.07, 6.45) is -3.63. The van der Waals surface area contributed by atoms with Gasteiger partial charge in [0.15, 0.2) is 6.29 Å². The normalized spacial score (nSPS) is 25.2. The van der Waals surface area contributed by atoms with Crippen LogP contribution in [0.3, 0.4) is 0 Å². The Labute approximate surface area is 187 Å². The molecule has 1 fully saturated rings. The van der Waals surface area contributed by atoms with Crippen LogP contribution in [0.25, 0.3) is 0 Å². The van der Waals surface area contributed by atoms with Crippen molar-refractivity contribution in [3.05, 3.63) is 71.8 Å². The third-order valence-corrected chi connectivity index (χ3v) is 5.06. The molecule has 2 aromatic carbocycles. The van der Waals surface area contributed by atoms with E-state index in [-0.39, 0.29) is 25.7 Å². The first-order chi connectivity index (χ1) is 15.4. The Morgan fingerprint density at radius 1 is 0.906 bits per heavy atom. The molecule has 0 saturated carbocycles. The van der Waals surface area contributed by atoms with E-state index in [9.17, 15) is 14.7 Å². The van der Waals surface area contributed by atoms with Crippen molar-refractivity contribution in [3.63, 3.8) is 0 Å². The molecule has 32 heavy (non-hydrogen) atoms. The quantitative estimate of drug-likeness (QED) is 0.571. The molecule has 0 spiro atoms. The lowest BCUT2D eigenvalue weighted by Crippen LogP contribution is -2.65. The monoisotopic (exact) mass is 443 g/mol. The molecule has 2 aromatic rings. The molecule has 3 rings (SSSR count). The Balaban J connectivity index is 1.84. The number of rotatable bonds is 9. The molecule has 5 atom stereocenters. The standard InChI is InChI=1S/C24H29NO7/c1-16(26)25-21-23(31-14-19-11-7-4-8-12-19)22(30-13-18-9-5-3-6-10-18)20(32-24(21)28)15-29-17(2)27/h3-12,20-24,28H,13-15H2,1-2H3,(H,25,26)/t20-,21-,22-,23-,24-/m1/s1. The number of ether oxygens (including phenoxy) is 4. The molecule has 0 aliphatic carbocycles. The van der Waals surface area contributed by atoms with Crippen molar-refractivity contribution in [2.75, 3.05) is 6.61 Å². The van der Waals surface area contributed by atoms with Crippen LogP contribution in [0.2, 0.25) is 0 Å². The van der Waals surface area contributed by atoms with E-state index in [1.54, 1.807) is 0 Å². The molecule has 0 aromatic heterocycles. The van der Waals surface area contributed by atoms with Gasteiger partial charge >= 0.3 is 5.97 Å². The van der Waals surface area contributed by atoms with Gasteiger partial charge in [-0.1, -0.05) is 60.7 Å². The highest BCUT2D eigenvalue weighted by molar-refractivity contribution is 5.73. The van der Waals surface area contributed by atoms with E-state index in [1.807, 2.05) is 60.7 Å². The van der Waals surface area contributed by atoms with Gasteiger partial charge in [-0.25, -0.2) is 0 Å². The minimum Gasteiger partial charge on any atom is -0.463 e. The molecule has 8 heteroatoms. The molecule has 1 amide bonds. The topological polar surface area (TPSA) is 103 Å². The van der Waals surface area contributed by atoms with E-state index < -0.39 is 36.6 Å². The number of carbonyl (C=O) groups excluding carboxylic acids is 2. The van der Waals surface area contributed by atoms with Crippen LogP contribution in [-0.2, 0) is 41.8 Å². The van der Waals surface area contributed by atoms with Gasteiger partial charge in [0.1, 0.15) is 31.0 Å². The summed E-state index contributed by atoms with van der Waals surface area (Å²) in [5.74, 6) is -0.818. The van der Waals surface area contributed by atoms with Crippen LogP contribution in [0.1, 0.15) is 25.0 Å². The number of nitrogens with one attached hydrogen (secondary N) is 1. The van der Waals surface area contributed by atoms with Crippen LogP contribution >= 0.6 is 0 Å². The predicted molar refractivity (Wildman–Crippen MR) is 115 cm³/mol. The first kappa shape index (κ1) is 23.9. The zero-order chi connectivity index (χ0) is 22.9. The molecular weight excluding hydrogens is 414 g/mol. The van der Waals surface area contributed by atoms with Crippen molar-refractivity contribution >= 4 is 11.9 Å². The van der Waals surface area contributed by atoms with Crippen LogP contribution in [0, 0.1) is 0 Å². The average Bonchev–Trinajstić information content (AvgIpc) is 2.78. The van der Waals surface area contributed by atoms with Crippen molar-refractivity contribution in [1.82, 2.24) is 5.32 Å². The molecule has 8 nitrogen and oxygen atoms in total. The van der Waals surface area contributed by atoms with Gasteiger partial charge in [0.2, 0.25) is 5.91 Å². The summed E-state index contributed by atoms with van der Waals surface area (Å²) < 4.78 is 23.2. The lowest BCUT2D eigenvalue weighted by Gasteiger charge is -2.44. The molecule has 1 saturated heterocycles. The fourth-order valence-corrected chi connectivity index (χ4v) is 3.58. The zero-order valence-corrected chi connectivity index (χ0v) is 18.2. The number of aliphatic hydroxyl groups excluding tert-OH is 1. The first-order valence-corrected chi connectivity index (χ1v) is 10.5. The molecule has 2 N–H and O–H groups in total. The highest BCUT2D eigenvalue weighted by atomic mass is 16.7. The van der Waals surface area contributed by atoms with Gasteiger partial charge in [0, 0.05) is 13.8 Å². The average molecular weight is 443 g/mol. The molecule has 1 aliphatic heterocycles. The van der Waals surface area contributed by atoms with E-state index >= 15 is 0 Å². The van der Waals surface area contributed by atoms with Crippen LogP contribution in [-0.4, -0.2) is 54.2 Å². The van der Waals surface area contributed by atoms with Crippen LogP contribution in [0.4, 0.5) is 0 Å². The van der Waals surface area contributed by atoms with Gasteiger partial charge in [-0.2, -0.15) is 0 Å². The van der Waals surface area contributed by atoms with Gasteiger partial charge in [0.05, 0.1) is 13.2 Å². The van der Waals surface area contributed by atoms with Gasteiger partial charge in [-0.05, 0) is 11.1 Å². The van der Waals surface area contributed by atoms with Crippen molar-refractivity contribution < 1.29 is 33.6 Å². The summed E-state index contributed by atoms with van der Waals surface area (Å²) in [4.78, 5) is 23.2. The van der Waals surface area contributed by atoms with E-state index in [4.69, 9.17) is 18.9 Å². The maximum absolute atomic E-state index is 11.8. The second-order valence-corrected chi connectivity index (χ2v) is 7.62. The fourth-order valence-electron chi connectivity index (χ4n) is 3.58. The smallest absolute Gasteiger partial charge is 0.302 e. The van der Waals surface area contributed by atoms with Gasteiger partial charge < -0.3 is 29.4 Å². The number of amides is 1. The fraction of sp³-hybridized carbons (Fsp3) is 0.417. The summed E-state index contributed by atoms with van der Waals surface area (Å²) >= 11 is 0. The Hall–Kier alpha value is -2.78. The zero-order valence-electron chi connectivity index (χ0n) is 18.2. The predicted octanol–water partition coefficient (Wildman–Crippen LogP) is 1.94. The van der Waals surface area contributed by atoms with Gasteiger partial charge in [0.25, 0.3) is 0 Å². The molecule has 0 bridgehead atoms. The number of benzene rings is 2. The molecule has 0 radical (unpaired) electrons. The highest BCUT2D eigenvalue weighted by Gasteiger charge is 2.47. The van der Waals surface area contributed by atoms with Crippen LogP contribution < -0.4 is 5.32 Å². The van der Waals surface area contributed by atoms with Crippen molar-refractivity contribution in [3.8, 4) is 0 Å². The molecular formula is C24H29NO7. The summed E-state index contributed by atoms with van der Waals surface area (Å²) in [7, 11) is 0. The van der Waals surface area contributed by atoms with Crippen molar-refractivity contribution in [2.24, 2.45) is 0 Å². The van der Waals surface area contributed by atoms with Crippen LogP contribution in [0.15, 0.2) is 60.7 Å². The van der Waals surface area contributed by atoms with Gasteiger partial charge in [-0.15, -0.1) is 0 Å². The van der Waals surface area contributed by atoms with Crippen LogP contribution in [0.5, 0.6) is 0 Å². The minimum atomic E-state index is -1.36. The Morgan fingerprint density at radius 3 is 1.94 bits per heavy atom. The Kier molecular flexibility index (Phi) is 8.75. The van der Waals surface area contributed by atoms with E-state index in [0.717, 1.165) is 11.1 Å². The maximum atomic E-state index is 11.8. The van der Waals surface area contributed by atoms with Gasteiger partial charge in [-0.3, -0.25) is 9.59 Å². The second-order valence-electron chi connectivity index (χ2n) is 7.62. The Morgan fingerprint density at radius 2 is 1.44 bits per heavy atom. The minimum absolute atomic E-state index is 0.121. The third-order valence-electron chi connectivity index (χ3n) is 5.06. The van der Waals surface area contributed by atoms with E-state index in [1.165, 1.54) is 13.8 Å². The summed E-state index contributed by atoms with van der Waals surface area (Å²) in [5, 5.41) is 13.3. The summed E-state index contributed by atoms with van der Waals surface area (Å²) in [5.41, 5.74) is 1.86. The van der Waals surface area contributed by atoms with Crippen molar-refractivity contribution in [2.45, 2.75) is 57.7 Å². The second kappa shape index (κ2) is 11.7. The molecule has 0 unspecified atom stereocenters. The highest BCUT2D eigenvalue weighted by Crippen LogP contribution is 2.27. The summed E-state index contributed by atoms with van der Waals surface area (Å²) in [6, 6.07) is 18.2. The Bertz CT molecular complexity index is 861. The number of aliphatic hydroxyl groups is 1. The number of hydrogen-bond donors (Lipinski definition) is 2. The number of esters is 1. The number of carbonyl (C=O) groups is 2. The third kappa shape index (κ3) is 6.86. The molecule has 172 valence electrons. The van der Waals surface area contributed by atoms with Crippen molar-refractivity contribution in [1.29, 1.82) is 0 Å². The molecule has 1 aliphatic rings. The maximum Gasteiger partial charge on any atom is 0.302 e. The summed E-state index contributed by atoms with van der Waals surface area (Å²) in [6.45, 7) is 3.01. The largest absolute Gasteiger partial charge is 0.463 e. The van der Waals surface area contributed by atoms with E-state index in [0.29, 0.717) is 0 Å². The lowest BCUT2D eigenvalue weighted by molar-refractivity contribution is -0.276. The lowest BCUT2D eigenvalue weighted by atomic mass is 9.96. The molecule has 1 heterocycles.